The van der Waals surface area contributed by atoms with Crippen molar-refractivity contribution in [1.82, 2.24) is 15.0 Å². The molecule has 2 aromatic heterocycles. The number of para-hydroxylation sites is 1. The Morgan fingerprint density at radius 2 is 0.758 bits per heavy atom. The van der Waals surface area contributed by atoms with Crippen molar-refractivity contribution in [3.05, 3.63) is 235 Å². The first-order valence-electron chi connectivity index (χ1n) is 21.1. The highest BCUT2D eigenvalue weighted by Gasteiger charge is 2.51. The third-order valence-corrected chi connectivity index (χ3v) is 13.0. The van der Waals surface area contributed by atoms with Gasteiger partial charge in [0.25, 0.3) is 0 Å². The molecule has 9 aromatic carbocycles. The number of benzene rings is 9. The topological polar surface area (TPSA) is 51.8 Å². The summed E-state index contributed by atoms with van der Waals surface area (Å²) >= 11 is 0. The fourth-order valence-electron chi connectivity index (χ4n) is 10.3. The van der Waals surface area contributed by atoms with Crippen LogP contribution in [0.4, 0.5) is 0 Å². The minimum absolute atomic E-state index is 0.371. The Hall–Kier alpha value is -8.21. The number of fused-ring (bicyclic) bond motifs is 13. The van der Waals surface area contributed by atoms with Crippen molar-refractivity contribution in [3.63, 3.8) is 0 Å². The average molecular weight is 790 g/mol. The third kappa shape index (κ3) is 5.04. The van der Waals surface area contributed by atoms with Gasteiger partial charge in [0.05, 0.1) is 5.41 Å². The normalized spacial score (nSPS) is 13.0. The third-order valence-electron chi connectivity index (χ3n) is 13.0. The van der Waals surface area contributed by atoms with Gasteiger partial charge in [-0.3, -0.25) is 0 Å². The number of rotatable bonds is 5. The van der Waals surface area contributed by atoms with E-state index in [1.165, 1.54) is 55.6 Å². The van der Waals surface area contributed by atoms with Gasteiger partial charge in [-0.05, 0) is 91.0 Å². The number of nitrogens with zero attached hydrogens (tertiary/aromatic N) is 3. The monoisotopic (exact) mass is 789 g/mol. The van der Waals surface area contributed by atoms with Crippen LogP contribution in [0.1, 0.15) is 22.3 Å². The Balaban J connectivity index is 0.897. The SMILES string of the molecule is c1ccc(-c2nc(-c3cccc(-c4ccc(-c5ccc6c(c5)C5(c7ccccc7-c7ccccc75)c5ccccc5-6)cc4)c3)nc(-c3cccc4oc5ccccc5c34)n2)cc1. The highest BCUT2D eigenvalue weighted by molar-refractivity contribution is 6.11. The molecule has 0 saturated heterocycles. The molecule has 0 radical (unpaired) electrons. The predicted octanol–water partition coefficient (Wildman–Crippen LogP) is 14.4. The van der Waals surface area contributed by atoms with Gasteiger partial charge in [-0.2, -0.15) is 0 Å². The second-order valence-corrected chi connectivity index (χ2v) is 16.3. The number of furan rings is 1. The Morgan fingerprint density at radius 1 is 0.290 bits per heavy atom. The van der Waals surface area contributed by atoms with Gasteiger partial charge in [-0.1, -0.05) is 188 Å². The second-order valence-electron chi connectivity index (χ2n) is 16.3. The van der Waals surface area contributed by atoms with Crippen molar-refractivity contribution in [1.29, 1.82) is 0 Å². The molecule has 11 aromatic rings. The van der Waals surface area contributed by atoms with Gasteiger partial charge in [0.15, 0.2) is 17.5 Å². The van der Waals surface area contributed by atoms with E-state index < -0.39 is 0 Å². The molecule has 0 aliphatic heterocycles. The van der Waals surface area contributed by atoms with Crippen LogP contribution in [0.25, 0.3) is 101 Å². The van der Waals surface area contributed by atoms with Crippen LogP contribution in [0.3, 0.4) is 0 Å². The number of hydrogen-bond donors (Lipinski definition) is 0. The zero-order chi connectivity index (χ0) is 40.8. The zero-order valence-electron chi connectivity index (χ0n) is 33.5. The molecule has 4 heteroatoms. The molecule has 0 atom stereocenters. The Kier molecular flexibility index (Phi) is 7.49. The maximum Gasteiger partial charge on any atom is 0.164 e. The van der Waals surface area contributed by atoms with Crippen molar-refractivity contribution < 1.29 is 4.42 Å². The lowest BCUT2D eigenvalue weighted by atomic mass is 9.70. The quantitative estimate of drug-likeness (QED) is 0.174. The van der Waals surface area contributed by atoms with Crippen LogP contribution in [0.5, 0.6) is 0 Å². The van der Waals surface area contributed by atoms with Gasteiger partial charge in [-0.15, -0.1) is 0 Å². The van der Waals surface area contributed by atoms with Crippen LogP contribution >= 0.6 is 0 Å². The van der Waals surface area contributed by atoms with E-state index in [9.17, 15) is 0 Å². The smallest absolute Gasteiger partial charge is 0.164 e. The highest BCUT2D eigenvalue weighted by atomic mass is 16.3. The molecule has 0 fully saturated rings. The molecule has 0 amide bonds. The van der Waals surface area contributed by atoms with E-state index in [1.54, 1.807) is 0 Å². The lowest BCUT2D eigenvalue weighted by Gasteiger charge is -2.30. The van der Waals surface area contributed by atoms with Gasteiger partial charge in [-0.25, -0.2) is 15.0 Å². The van der Waals surface area contributed by atoms with E-state index in [-0.39, 0.29) is 5.41 Å². The van der Waals surface area contributed by atoms with Crippen LogP contribution in [0, 0.1) is 0 Å². The first-order valence-corrected chi connectivity index (χ1v) is 21.1. The van der Waals surface area contributed by atoms with Crippen LogP contribution < -0.4 is 0 Å². The molecule has 1 spiro atoms. The molecule has 2 aliphatic carbocycles. The lowest BCUT2D eigenvalue weighted by molar-refractivity contribution is 0.669. The van der Waals surface area contributed by atoms with Crippen molar-refractivity contribution in [2.24, 2.45) is 0 Å². The predicted molar refractivity (Wildman–Crippen MR) is 251 cm³/mol. The molecule has 0 N–H and O–H groups in total. The first-order chi connectivity index (χ1) is 30.7. The van der Waals surface area contributed by atoms with Gasteiger partial charge in [0.1, 0.15) is 11.2 Å². The molecule has 0 unspecified atom stereocenters. The molecule has 288 valence electrons. The van der Waals surface area contributed by atoms with Gasteiger partial charge in [0, 0.05) is 27.5 Å². The van der Waals surface area contributed by atoms with E-state index in [0.29, 0.717) is 17.5 Å². The largest absolute Gasteiger partial charge is 0.456 e. The van der Waals surface area contributed by atoms with Gasteiger partial charge >= 0.3 is 0 Å². The lowest BCUT2D eigenvalue weighted by Crippen LogP contribution is -2.25. The van der Waals surface area contributed by atoms with E-state index >= 15 is 0 Å². The van der Waals surface area contributed by atoms with Crippen LogP contribution in [0.15, 0.2) is 217 Å². The minimum atomic E-state index is -0.371. The van der Waals surface area contributed by atoms with Crippen LogP contribution in [-0.4, -0.2) is 15.0 Å². The fraction of sp³-hybridized carbons (Fsp3) is 0.0172. The number of aromatic nitrogens is 3. The number of hydrogen-bond acceptors (Lipinski definition) is 4. The molecular weight excluding hydrogens is 755 g/mol. The van der Waals surface area contributed by atoms with Crippen molar-refractivity contribution >= 4 is 21.9 Å². The fourth-order valence-corrected chi connectivity index (χ4v) is 10.3. The minimum Gasteiger partial charge on any atom is -0.456 e. The van der Waals surface area contributed by atoms with Crippen molar-refractivity contribution in [2.75, 3.05) is 0 Å². The summed E-state index contributed by atoms with van der Waals surface area (Å²) in [7, 11) is 0. The Bertz CT molecular complexity index is 3520. The Morgan fingerprint density at radius 3 is 1.45 bits per heavy atom. The van der Waals surface area contributed by atoms with Gasteiger partial charge < -0.3 is 4.42 Å². The summed E-state index contributed by atoms with van der Waals surface area (Å²) in [4.78, 5) is 15.3. The summed E-state index contributed by atoms with van der Waals surface area (Å²) in [6.45, 7) is 0. The van der Waals surface area contributed by atoms with E-state index in [1.807, 2.05) is 60.7 Å². The summed E-state index contributed by atoms with van der Waals surface area (Å²) in [6.07, 6.45) is 0. The summed E-state index contributed by atoms with van der Waals surface area (Å²) in [6, 6.07) is 75.8. The first kappa shape index (κ1) is 34.6. The summed E-state index contributed by atoms with van der Waals surface area (Å²) in [5.41, 5.74) is 19.2. The van der Waals surface area contributed by atoms with Crippen molar-refractivity contribution in [2.45, 2.75) is 5.41 Å². The molecule has 2 heterocycles. The van der Waals surface area contributed by atoms with E-state index in [4.69, 9.17) is 19.4 Å². The van der Waals surface area contributed by atoms with E-state index in [2.05, 4.69) is 152 Å². The van der Waals surface area contributed by atoms with Crippen LogP contribution in [0.2, 0.25) is 0 Å². The average Bonchev–Trinajstić information content (AvgIpc) is 3.98. The van der Waals surface area contributed by atoms with Gasteiger partial charge in [0.2, 0.25) is 0 Å². The molecule has 0 bridgehead atoms. The molecule has 2 aliphatic rings. The Labute approximate surface area is 358 Å². The summed E-state index contributed by atoms with van der Waals surface area (Å²) < 4.78 is 6.25. The molecule has 13 rings (SSSR count). The molecule has 62 heavy (non-hydrogen) atoms. The second kappa shape index (κ2) is 13.4. The summed E-state index contributed by atoms with van der Waals surface area (Å²) in [5, 5.41) is 2.03. The van der Waals surface area contributed by atoms with E-state index in [0.717, 1.165) is 49.8 Å². The van der Waals surface area contributed by atoms with Crippen molar-refractivity contribution in [3.8, 4) is 78.7 Å². The maximum absolute atomic E-state index is 6.25. The maximum atomic E-state index is 6.25. The highest BCUT2D eigenvalue weighted by Crippen LogP contribution is 2.63. The molecule has 4 nitrogen and oxygen atoms in total. The summed E-state index contributed by atoms with van der Waals surface area (Å²) in [5.74, 6) is 1.83. The standard InChI is InChI=1S/C58H35N3O/c1-2-14-38(15-3-1)55-59-56(61-57(60-55)47-22-13-27-53-54(47)46-21-7-11-26-52(46)62-53)41-17-12-16-39(34-41)36-28-30-37(31-29-36)40-32-33-45-44-20-6-10-25-50(44)58(51(45)35-40)48-23-8-4-18-42(48)43-19-5-9-24-49(43)58/h1-35H. The zero-order valence-corrected chi connectivity index (χ0v) is 33.5. The van der Waals surface area contributed by atoms with Crippen LogP contribution in [-0.2, 0) is 5.41 Å². The molecule has 0 saturated carbocycles. The molecular formula is C58H35N3O.